The lowest BCUT2D eigenvalue weighted by atomic mass is 9.80. The Kier molecular flexibility index (Phi) is 4.16. The van der Waals surface area contributed by atoms with Crippen molar-refractivity contribution in [3.63, 3.8) is 0 Å². The summed E-state index contributed by atoms with van der Waals surface area (Å²) in [5.41, 5.74) is -0.216. The summed E-state index contributed by atoms with van der Waals surface area (Å²) in [6.07, 6.45) is 2.45. The molecule has 3 N–H and O–H groups in total. The number of benzene rings is 1. The van der Waals surface area contributed by atoms with Crippen molar-refractivity contribution in [2.45, 2.75) is 24.9 Å². The van der Waals surface area contributed by atoms with Gasteiger partial charge in [0.15, 0.2) is 0 Å². The van der Waals surface area contributed by atoms with Crippen LogP contribution < -0.4 is 10.6 Å². The zero-order valence-electron chi connectivity index (χ0n) is 10.7. The fourth-order valence-electron chi connectivity index (χ4n) is 1.94. The second kappa shape index (κ2) is 5.84. The Hall–Kier alpha value is -1.88. The Labute approximate surface area is 112 Å². The molecule has 19 heavy (non-hydrogen) atoms. The number of rotatable bonds is 5. The number of aliphatic hydroxyl groups is 1. The predicted molar refractivity (Wildman–Crippen MR) is 70.6 cm³/mol. The summed E-state index contributed by atoms with van der Waals surface area (Å²) in [7, 11) is 0. The van der Waals surface area contributed by atoms with Crippen LogP contribution in [0.4, 0.5) is 0 Å². The lowest BCUT2D eigenvalue weighted by Gasteiger charge is -2.36. The molecule has 0 aliphatic heterocycles. The van der Waals surface area contributed by atoms with Crippen LogP contribution in [0.25, 0.3) is 0 Å². The van der Waals surface area contributed by atoms with Crippen LogP contribution in [0.2, 0.25) is 0 Å². The van der Waals surface area contributed by atoms with Gasteiger partial charge in [-0.15, -0.1) is 0 Å². The molecule has 0 bridgehead atoms. The van der Waals surface area contributed by atoms with Crippen molar-refractivity contribution < 1.29 is 14.7 Å². The number of hydrogen-bond donors (Lipinski definition) is 3. The van der Waals surface area contributed by atoms with Gasteiger partial charge in [0.1, 0.15) is 0 Å². The highest BCUT2D eigenvalue weighted by Crippen LogP contribution is 2.30. The van der Waals surface area contributed by atoms with E-state index >= 15 is 0 Å². The third-order valence-electron chi connectivity index (χ3n) is 3.34. The Bertz CT molecular complexity index is 455. The molecule has 5 nitrogen and oxygen atoms in total. The monoisotopic (exact) mass is 262 g/mol. The molecular weight excluding hydrogens is 244 g/mol. The van der Waals surface area contributed by atoms with Crippen LogP contribution in [0.1, 0.15) is 29.6 Å². The second-order valence-corrected chi connectivity index (χ2v) is 4.90. The van der Waals surface area contributed by atoms with E-state index in [1.807, 2.05) is 6.07 Å². The average Bonchev–Trinajstić information content (AvgIpc) is 2.41. The van der Waals surface area contributed by atoms with E-state index in [1.165, 1.54) is 0 Å². The maximum absolute atomic E-state index is 11.7. The Balaban J connectivity index is 1.70. The van der Waals surface area contributed by atoms with Gasteiger partial charge in [-0.1, -0.05) is 18.2 Å². The topological polar surface area (TPSA) is 78.4 Å². The quantitative estimate of drug-likeness (QED) is 0.721. The molecule has 0 aromatic heterocycles. The molecule has 1 aromatic rings. The molecule has 1 aromatic carbocycles. The van der Waals surface area contributed by atoms with Gasteiger partial charge in [-0.3, -0.25) is 9.59 Å². The van der Waals surface area contributed by atoms with Gasteiger partial charge in [0, 0.05) is 12.1 Å². The minimum Gasteiger partial charge on any atom is -0.388 e. The van der Waals surface area contributed by atoms with Crippen LogP contribution in [0.15, 0.2) is 30.3 Å². The van der Waals surface area contributed by atoms with E-state index in [2.05, 4.69) is 10.6 Å². The number of nitrogens with one attached hydrogen (secondary N) is 2. The summed E-state index contributed by atoms with van der Waals surface area (Å²) in [6.45, 7) is 0.177. The molecule has 0 saturated heterocycles. The summed E-state index contributed by atoms with van der Waals surface area (Å²) in [6, 6.07) is 8.72. The van der Waals surface area contributed by atoms with Crippen LogP contribution in [-0.4, -0.2) is 35.6 Å². The molecule has 1 aliphatic carbocycles. The molecule has 0 unspecified atom stereocenters. The van der Waals surface area contributed by atoms with Crippen molar-refractivity contribution in [3.8, 4) is 0 Å². The zero-order chi connectivity index (χ0) is 13.7. The largest absolute Gasteiger partial charge is 0.388 e. The molecule has 0 spiro atoms. The maximum atomic E-state index is 11.7. The predicted octanol–water partition coefficient (Wildman–Crippen LogP) is 0.448. The average molecular weight is 262 g/mol. The molecule has 5 heteroatoms. The van der Waals surface area contributed by atoms with E-state index in [0.717, 1.165) is 19.3 Å². The van der Waals surface area contributed by atoms with Crippen LogP contribution >= 0.6 is 0 Å². The van der Waals surface area contributed by atoms with Gasteiger partial charge in [-0.05, 0) is 31.4 Å². The normalized spacial score (nSPS) is 16.3. The smallest absolute Gasteiger partial charge is 0.251 e. The molecule has 102 valence electrons. The second-order valence-electron chi connectivity index (χ2n) is 4.90. The molecule has 1 aliphatic rings. The van der Waals surface area contributed by atoms with Gasteiger partial charge in [0.2, 0.25) is 5.91 Å². The number of amides is 2. The molecule has 1 saturated carbocycles. The van der Waals surface area contributed by atoms with E-state index in [9.17, 15) is 14.7 Å². The summed E-state index contributed by atoms with van der Waals surface area (Å²) < 4.78 is 0. The molecule has 0 heterocycles. The standard InChI is InChI=1S/C14H18N2O3/c17-12(16-10-14(19)7-4-8-14)9-15-13(18)11-5-2-1-3-6-11/h1-3,5-6,19H,4,7-10H2,(H,15,18)(H,16,17). The first-order chi connectivity index (χ1) is 9.09. The van der Waals surface area contributed by atoms with Crippen LogP contribution in [0.5, 0.6) is 0 Å². The molecule has 2 rings (SSSR count). The number of carbonyl (C=O) groups excluding carboxylic acids is 2. The van der Waals surface area contributed by atoms with Crippen molar-refractivity contribution in [1.29, 1.82) is 0 Å². The molecular formula is C14H18N2O3. The lowest BCUT2D eigenvalue weighted by Crippen LogP contribution is -2.49. The Morgan fingerprint density at radius 3 is 2.42 bits per heavy atom. The molecule has 2 amide bonds. The first kappa shape index (κ1) is 13.5. The van der Waals surface area contributed by atoms with Crippen molar-refractivity contribution in [2.75, 3.05) is 13.1 Å². The number of hydrogen-bond acceptors (Lipinski definition) is 3. The Morgan fingerprint density at radius 2 is 1.84 bits per heavy atom. The van der Waals surface area contributed by atoms with Crippen LogP contribution in [0, 0.1) is 0 Å². The summed E-state index contributed by atoms with van der Waals surface area (Å²) >= 11 is 0. The highest BCUT2D eigenvalue weighted by molar-refractivity contribution is 5.96. The fourth-order valence-corrected chi connectivity index (χ4v) is 1.94. The minimum absolute atomic E-state index is 0.0796. The first-order valence-electron chi connectivity index (χ1n) is 6.41. The van der Waals surface area contributed by atoms with Crippen LogP contribution in [-0.2, 0) is 4.79 Å². The third kappa shape index (κ3) is 3.79. The van der Waals surface area contributed by atoms with Gasteiger partial charge in [-0.25, -0.2) is 0 Å². The molecule has 1 fully saturated rings. The fraction of sp³-hybridized carbons (Fsp3) is 0.429. The van der Waals surface area contributed by atoms with Crippen molar-refractivity contribution in [2.24, 2.45) is 0 Å². The van der Waals surface area contributed by atoms with Crippen molar-refractivity contribution in [1.82, 2.24) is 10.6 Å². The van der Waals surface area contributed by atoms with Gasteiger partial charge >= 0.3 is 0 Å². The molecule has 0 atom stereocenters. The van der Waals surface area contributed by atoms with E-state index in [-0.39, 0.29) is 24.9 Å². The highest BCUT2D eigenvalue weighted by Gasteiger charge is 2.34. The van der Waals surface area contributed by atoms with Crippen LogP contribution in [0.3, 0.4) is 0 Å². The summed E-state index contributed by atoms with van der Waals surface area (Å²) in [4.78, 5) is 23.2. The van der Waals surface area contributed by atoms with E-state index in [4.69, 9.17) is 0 Å². The summed E-state index contributed by atoms with van der Waals surface area (Å²) in [5, 5.41) is 15.0. The third-order valence-corrected chi connectivity index (χ3v) is 3.34. The van der Waals surface area contributed by atoms with Gasteiger partial charge in [0.25, 0.3) is 5.91 Å². The van der Waals surface area contributed by atoms with Gasteiger partial charge < -0.3 is 15.7 Å². The zero-order valence-corrected chi connectivity index (χ0v) is 10.7. The maximum Gasteiger partial charge on any atom is 0.251 e. The number of carbonyl (C=O) groups is 2. The van der Waals surface area contributed by atoms with Crippen molar-refractivity contribution in [3.05, 3.63) is 35.9 Å². The lowest BCUT2D eigenvalue weighted by molar-refractivity contribution is -0.122. The van der Waals surface area contributed by atoms with Crippen molar-refractivity contribution >= 4 is 11.8 Å². The highest BCUT2D eigenvalue weighted by atomic mass is 16.3. The molecule has 0 radical (unpaired) electrons. The first-order valence-corrected chi connectivity index (χ1v) is 6.41. The Morgan fingerprint density at radius 1 is 1.16 bits per heavy atom. The van der Waals surface area contributed by atoms with E-state index in [0.29, 0.717) is 5.56 Å². The minimum atomic E-state index is -0.737. The van der Waals surface area contributed by atoms with Gasteiger partial charge in [-0.2, -0.15) is 0 Å². The SMILES string of the molecule is O=C(CNC(=O)c1ccccc1)NCC1(O)CCC1. The summed E-state index contributed by atoms with van der Waals surface area (Å²) in [5.74, 6) is -0.567. The van der Waals surface area contributed by atoms with Gasteiger partial charge in [0.05, 0.1) is 12.1 Å². The van der Waals surface area contributed by atoms with E-state index in [1.54, 1.807) is 24.3 Å². The van der Waals surface area contributed by atoms with E-state index < -0.39 is 5.60 Å².